The van der Waals surface area contributed by atoms with Crippen molar-refractivity contribution in [1.29, 1.82) is 0 Å². The number of ether oxygens (including phenoxy) is 1. The summed E-state index contributed by atoms with van der Waals surface area (Å²) in [5, 5.41) is 13.7. The van der Waals surface area contributed by atoms with E-state index >= 15 is 0 Å². The van der Waals surface area contributed by atoms with Gasteiger partial charge >= 0.3 is 93.8 Å². The van der Waals surface area contributed by atoms with E-state index in [0.717, 1.165) is 131 Å². The molecule has 18 aromatic rings. The molecule has 0 aliphatic carbocycles. The number of nitrogens with zero attached hydrogens (tertiary/aromatic N) is 12. The van der Waals surface area contributed by atoms with E-state index in [1.54, 1.807) is 88.6 Å². The van der Waals surface area contributed by atoms with Crippen molar-refractivity contribution in [2.75, 3.05) is 14.2 Å². The second kappa shape index (κ2) is 45.8. The molecular weight excluding hydrogens is 1660 g/mol. The van der Waals surface area contributed by atoms with E-state index in [2.05, 4.69) is 210 Å². The van der Waals surface area contributed by atoms with Gasteiger partial charge in [-0.2, -0.15) is 0 Å². The maximum atomic E-state index is 4.35. The van der Waals surface area contributed by atoms with E-state index in [-0.39, 0.29) is 176 Å². The largest absolute Gasteiger partial charge is 3.00 e. The Bertz CT molecular complexity index is 4240. The van der Waals surface area contributed by atoms with Crippen LogP contribution in [0.5, 0.6) is 0 Å². The molecule has 18 rings (SSSR count). The maximum absolute atomic E-state index is 4.35. The zero-order valence-corrected chi connectivity index (χ0v) is 58.9. The molecule has 0 aliphatic rings. The van der Waals surface area contributed by atoms with Crippen LogP contribution >= 0.6 is 0 Å². The second-order valence-electron chi connectivity index (χ2n) is 19.7. The van der Waals surface area contributed by atoms with Crippen LogP contribution in [0.2, 0.25) is 0 Å². The standard InChI is InChI=1S/6C12H8N2.C2H6O.4ClH.6H2O.2Yb/c6*1-3-9-5-6-10-4-2-8-14-12(10)11(9)13-7-1;1-3-2;;;;;;;;;;;;/h6*1-8H;1-2H3;4*1H;6*1H2;;/q;;;;;;;;;;;;;;;;;+2;+3/p-5. The molecule has 12 aromatic heterocycles. The van der Waals surface area contributed by atoms with Crippen molar-refractivity contribution in [3.05, 3.63) is 293 Å². The van der Waals surface area contributed by atoms with E-state index in [0.29, 0.717) is 0 Å². The maximum Gasteiger partial charge on any atom is 3.00 e. The summed E-state index contributed by atoms with van der Waals surface area (Å²) in [7, 11) is 3.50. The van der Waals surface area contributed by atoms with Gasteiger partial charge in [0.2, 0.25) is 0 Å². The quantitative estimate of drug-likeness (QED) is 0.150. The van der Waals surface area contributed by atoms with Gasteiger partial charge in [0.25, 0.3) is 0 Å². The van der Waals surface area contributed by atoms with Crippen molar-refractivity contribution >= 4 is 131 Å². The zero-order chi connectivity index (χ0) is 59.0. The smallest absolute Gasteiger partial charge is 1.00 e. The molecule has 11 N–H and O–H groups in total. The van der Waals surface area contributed by atoms with Crippen LogP contribution < -0.4 is 49.6 Å². The van der Waals surface area contributed by atoms with Crippen LogP contribution in [0.4, 0.5) is 0 Å². The first-order chi connectivity index (χ1) is 43.1. The van der Waals surface area contributed by atoms with E-state index in [1.807, 2.05) is 72.8 Å². The molecular formula is C74H65Cl4N12O7Yb2. The van der Waals surface area contributed by atoms with Gasteiger partial charge in [-0.3, -0.25) is 59.8 Å². The molecule has 1 radical (unpaired) electrons. The Hall–Kier alpha value is -7.84. The first-order valence-corrected chi connectivity index (χ1v) is 28.1. The van der Waals surface area contributed by atoms with Crippen LogP contribution in [-0.2, 0) is 0 Å². The third-order valence-electron chi connectivity index (χ3n) is 14.1. The Balaban J connectivity index is 0.00000113. The molecule has 6 aromatic carbocycles. The van der Waals surface area contributed by atoms with E-state index < -0.39 is 0 Å². The Morgan fingerprint density at radius 2 is 0.253 bits per heavy atom. The Morgan fingerprint density at radius 1 is 0.182 bits per heavy atom. The normalized spacial score (nSPS) is 9.39. The predicted octanol–water partition coefficient (Wildman–Crippen LogP) is 0.836. The summed E-state index contributed by atoms with van der Waals surface area (Å²) < 4.78 is 3.50. The summed E-state index contributed by atoms with van der Waals surface area (Å²) in [6, 6.07) is 72.8. The van der Waals surface area contributed by atoms with E-state index in [4.69, 9.17) is 0 Å². The number of benzene rings is 6. The molecule has 0 unspecified atom stereocenters. The first kappa shape index (κ1) is 91.2. The number of pyridine rings is 12. The Morgan fingerprint density at radius 3 is 0.323 bits per heavy atom. The summed E-state index contributed by atoms with van der Waals surface area (Å²) in [6.45, 7) is 0. The van der Waals surface area contributed by atoms with Crippen molar-refractivity contribution in [3.63, 3.8) is 0 Å². The fourth-order valence-electron chi connectivity index (χ4n) is 10.1. The Labute approximate surface area is 670 Å². The molecule has 0 spiro atoms. The molecule has 0 saturated carbocycles. The average Bonchev–Trinajstić information content (AvgIpc) is 0.854. The van der Waals surface area contributed by atoms with Crippen LogP contribution in [-0.4, -0.2) is 112 Å². The molecule has 0 aliphatic heterocycles. The number of fused-ring (bicyclic) bond motifs is 18. The molecule has 0 amide bonds. The molecule has 0 saturated heterocycles. The minimum absolute atomic E-state index is 0. The predicted molar refractivity (Wildman–Crippen MR) is 375 cm³/mol. The summed E-state index contributed by atoms with van der Waals surface area (Å²) in [4.78, 5) is 52.2. The van der Waals surface area contributed by atoms with Gasteiger partial charge in [-0.15, -0.1) is 0 Å². The van der Waals surface area contributed by atoms with Crippen LogP contribution in [0, 0.1) is 93.8 Å². The fourth-order valence-corrected chi connectivity index (χ4v) is 10.1. The van der Waals surface area contributed by atoms with Crippen molar-refractivity contribution in [3.8, 4) is 0 Å². The number of hydrogen-bond donors (Lipinski definition) is 0. The van der Waals surface area contributed by atoms with Gasteiger partial charge in [-0.1, -0.05) is 146 Å². The van der Waals surface area contributed by atoms with E-state index in [1.165, 1.54) is 0 Å². The van der Waals surface area contributed by atoms with Gasteiger partial charge < -0.3 is 87.2 Å². The number of hydrogen-bond acceptors (Lipinski definition) is 14. The molecule has 19 nitrogen and oxygen atoms in total. The van der Waals surface area contributed by atoms with Gasteiger partial charge in [0.1, 0.15) is 14.2 Å². The number of aliphatic hydroxyl groups is 2. The minimum Gasteiger partial charge on any atom is -1.00 e. The van der Waals surface area contributed by atoms with Gasteiger partial charge in [0.05, 0.1) is 66.2 Å². The molecule has 519 valence electrons. The molecule has 0 fully saturated rings. The van der Waals surface area contributed by atoms with Crippen LogP contribution in [0.1, 0.15) is 0 Å². The summed E-state index contributed by atoms with van der Waals surface area (Å²) >= 11 is 0. The fraction of sp³-hybridized carbons (Fsp3) is 0.0270. The topological polar surface area (TPSA) is 353 Å². The monoisotopic (exact) mass is 1720 g/mol. The number of halogens is 4. The summed E-state index contributed by atoms with van der Waals surface area (Å²) in [5.74, 6) is 0. The van der Waals surface area contributed by atoms with Crippen molar-refractivity contribution in [1.82, 2.24) is 59.8 Å². The second-order valence-corrected chi connectivity index (χ2v) is 19.7. The minimum atomic E-state index is 0. The SMILES string of the molecule is C[OH+]C.O.O.O.O.[Cl-].[Cl-].[Cl-].[Cl-].[OH-].[OH-].[Yb+2].[Yb+3].c1cnc2c(c1)ccc1cccnc12.c1cnc2c(c1)ccc1cccnc12.c1cnc2c(c1)ccc1cccnc12.c1cnc2c(c1)ccc1cccnc12.c1cnc2c(c1)ccc1cccnc12.c1cnc2c(c1)ccc1cccnc12. The first-order valence-electron chi connectivity index (χ1n) is 28.1. The summed E-state index contributed by atoms with van der Waals surface area (Å²) in [6.07, 6.45) is 21.6. The van der Waals surface area contributed by atoms with E-state index in [9.17, 15) is 0 Å². The van der Waals surface area contributed by atoms with Gasteiger partial charge in [-0.05, 0) is 72.8 Å². The summed E-state index contributed by atoms with van der Waals surface area (Å²) in [5.41, 5.74) is 11.7. The van der Waals surface area contributed by atoms with Gasteiger partial charge in [0, 0.05) is 139 Å². The van der Waals surface area contributed by atoms with Gasteiger partial charge in [0.15, 0.2) is 0 Å². The van der Waals surface area contributed by atoms with Crippen molar-refractivity contribution in [2.24, 2.45) is 0 Å². The molecule has 12 heterocycles. The third kappa shape index (κ3) is 22.1. The van der Waals surface area contributed by atoms with Gasteiger partial charge in [-0.25, -0.2) is 0 Å². The molecule has 25 heteroatoms. The van der Waals surface area contributed by atoms with Crippen LogP contribution in [0.15, 0.2) is 293 Å². The average molecular weight is 1720 g/mol. The van der Waals surface area contributed by atoms with Crippen molar-refractivity contribution < 1.29 is 181 Å². The molecule has 0 atom stereocenters. The number of rotatable bonds is 0. The third-order valence-corrected chi connectivity index (χ3v) is 14.1. The van der Waals surface area contributed by atoms with Crippen LogP contribution in [0.3, 0.4) is 0 Å². The number of aromatic nitrogens is 12. The molecule has 0 bridgehead atoms. The Kier molecular flexibility index (Phi) is 42.1. The van der Waals surface area contributed by atoms with Crippen LogP contribution in [0.25, 0.3) is 131 Å². The zero-order valence-electron chi connectivity index (χ0n) is 52.5. The van der Waals surface area contributed by atoms with Crippen molar-refractivity contribution in [2.45, 2.75) is 0 Å². The molecule has 99 heavy (non-hydrogen) atoms.